The molecule has 1 heteroatoms. The van der Waals surface area contributed by atoms with Gasteiger partial charge in [-0.25, -0.2) is 0 Å². The fraction of sp³-hybridized carbons (Fsp3) is 0.0357. The SMILES string of the molecule is Cc1cccc2c1-c1c(ccc3oc4ccccc4c13)C2(c1cccc(-c2cccc(-c3ccccc3)c2)c1)c1cccc(-c2cccc(-c3ccccc3)c2)c1. The van der Waals surface area contributed by atoms with Crippen molar-refractivity contribution in [1.29, 1.82) is 0 Å². The van der Waals surface area contributed by atoms with Crippen molar-refractivity contribution in [3.05, 3.63) is 240 Å². The molecule has 9 aromatic carbocycles. The number of benzene rings is 9. The number of para-hydroxylation sites is 1. The zero-order chi connectivity index (χ0) is 37.9. The van der Waals surface area contributed by atoms with E-state index in [2.05, 4.69) is 219 Å². The molecule has 0 aliphatic heterocycles. The summed E-state index contributed by atoms with van der Waals surface area (Å²) in [4.78, 5) is 0. The molecule has 1 aliphatic rings. The van der Waals surface area contributed by atoms with E-state index in [1.807, 2.05) is 0 Å². The Hall–Kier alpha value is -7.22. The van der Waals surface area contributed by atoms with Gasteiger partial charge >= 0.3 is 0 Å². The number of furan rings is 1. The number of hydrogen-bond donors (Lipinski definition) is 0. The first kappa shape index (κ1) is 33.1. The van der Waals surface area contributed by atoms with Gasteiger partial charge in [-0.1, -0.05) is 176 Å². The second-order valence-corrected chi connectivity index (χ2v) is 15.3. The van der Waals surface area contributed by atoms with Crippen molar-refractivity contribution in [2.24, 2.45) is 0 Å². The topological polar surface area (TPSA) is 13.1 Å². The van der Waals surface area contributed by atoms with Gasteiger partial charge in [0, 0.05) is 10.8 Å². The van der Waals surface area contributed by atoms with E-state index in [0.29, 0.717) is 0 Å². The second-order valence-electron chi connectivity index (χ2n) is 15.3. The van der Waals surface area contributed by atoms with Crippen molar-refractivity contribution in [2.45, 2.75) is 12.3 Å². The Morgan fingerprint density at radius 3 is 1.39 bits per heavy atom. The Labute approximate surface area is 333 Å². The van der Waals surface area contributed by atoms with Crippen molar-refractivity contribution in [3.63, 3.8) is 0 Å². The minimum atomic E-state index is -0.622. The van der Waals surface area contributed by atoms with Crippen LogP contribution in [0.15, 0.2) is 217 Å². The van der Waals surface area contributed by atoms with Gasteiger partial charge in [0.25, 0.3) is 0 Å². The van der Waals surface area contributed by atoms with Crippen molar-refractivity contribution in [3.8, 4) is 55.6 Å². The molecule has 57 heavy (non-hydrogen) atoms. The molecular weight excluding hydrogens is 689 g/mol. The highest BCUT2D eigenvalue weighted by atomic mass is 16.3. The summed E-state index contributed by atoms with van der Waals surface area (Å²) in [5.74, 6) is 0. The van der Waals surface area contributed by atoms with Gasteiger partial charge in [0.15, 0.2) is 0 Å². The standard InChI is InChI=1S/C56H38O/c1-37-15-10-29-49-53(37)55-50(31-32-52-54(55)48-28-8-9-30-51(48)57-52)56(49,46-26-13-24-44(35-46)42-22-11-20-40(33-42)38-16-4-2-5-17-38)47-27-14-25-45(36-47)43-23-12-21-41(34-43)39-18-6-3-7-19-39/h2-36H,1H3. The summed E-state index contributed by atoms with van der Waals surface area (Å²) < 4.78 is 6.56. The molecule has 0 saturated heterocycles. The Bertz CT molecular complexity index is 3000. The Morgan fingerprint density at radius 2 is 0.789 bits per heavy atom. The third-order valence-electron chi connectivity index (χ3n) is 12.1. The van der Waals surface area contributed by atoms with Crippen LogP contribution in [-0.4, -0.2) is 0 Å². The Balaban J connectivity index is 1.19. The van der Waals surface area contributed by atoms with Crippen LogP contribution in [0.2, 0.25) is 0 Å². The first-order valence-electron chi connectivity index (χ1n) is 19.7. The molecule has 1 nitrogen and oxygen atoms in total. The van der Waals surface area contributed by atoms with Crippen LogP contribution in [0.1, 0.15) is 27.8 Å². The van der Waals surface area contributed by atoms with Crippen LogP contribution in [0.25, 0.3) is 77.6 Å². The quantitative estimate of drug-likeness (QED) is 0.166. The summed E-state index contributed by atoms with van der Waals surface area (Å²) in [6, 6.07) is 77.6. The van der Waals surface area contributed by atoms with Crippen LogP contribution < -0.4 is 0 Å². The third-order valence-corrected chi connectivity index (χ3v) is 12.1. The fourth-order valence-electron chi connectivity index (χ4n) is 9.52. The molecule has 0 fully saturated rings. The van der Waals surface area contributed by atoms with Crippen LogP contribution >= 0.6 is 0 Å². The summed E-state index contributed by atoms with van der Waals surface area (Å²) in [6.45, 7) is 2.26. The maximum absolute atomic E-state index is 6.56. The smallest absolute Gasteiger partial charge is 0.136 e. The first-order chi connectivity index (χ1) is 28.2. The number of fused-ring (bicyclic) bond motifs is 7. The number of aryl methyl sites for hydroxylation is 1. The molecule has 1 heterocycles. The van der Waals surface area contributed by atoms with Crippen LogP contribution in [-0.2, 0) is 5.41 Å². The maximum atomic E-state index is 6.56. The monoisotopic (exact) mass is 726 g/mol. The van der Waals surface area contributed by atoms with E-state index in [-0.39, 0.29) is 0 Å². The lowest BCUT2D eigenvalue weighted by atomic mass is 9.67. The molecule has 1 aromatic heterocycles. The van der Waals surface area contributed by atoms with Crippen LogP contribution in [0, 0.1) is 6.92 Å². The summed E-state index contributed by atoms with van der Waals surface area (Å²) in [5, 5.41) is 2.33. The normalized spacial score (nSPS) is 12.8. The predicted molar refractivity (Wildman–Crippen MR) is 238 cm³/mol. The molecule has 0 bridgehead atoms. The molecular formula is C56H38O. The minimum absolute atomic E-state index is 0.622. The molecule has 0 radical (unpaired) electrons. The van der Waals surface area contributed by atoms with E-state index < -0.39 is 5.41 Å². The van der Waals surface area contributed by atoms with Gasteiger partial charge in [-0.3, -0.25) is 0 Å². The molecule has 0 saturated carbocycles. The number of rotatable bonds is 6. The highest BCUT2D eigenvalue weighted by Crippen LogP contribution is 2.60. The zero-order valence-electron chi connectivity index (χ0n) is 31.6. The van der Waals surface area contributed by atoms with Crippen LogP contribution in [0.4, 0.5) is 0 Å². The minimum Gasteiger partial charge on any atom is -0.456 e. The molecule has 0 unspecified atom stereocenters. The third kappa shape index (κ3) is 5.24. The van der Waals surface area contributed by atoms with Gasteiger partial charge in [0.1, 0.15) is 11.2 Å². The van der Waals surface area contributed by atoms with Gasteiger partial charge < -0.3 is 4.42 Å². The molecule has 11 rings (SSSR count). The van der Waals surface area contributed by atoms with Gasteiger partial charge in [-0.15, -0.1) is 0 Å². The molecule has 0 amide bonds. The van der Waals surface area contributed by atoms with E-state index in [9.17, 15) is 0 Å². The van der Waals surface area contributed by atoms with Gasteiger partial charge in [0.2, 0.25) is 0 Å². The van der Waals surface area contributed by atoms with Crippen molar-refractivity contribution in [2.75, 3.05) is 0 Å². The summed E-state index contributed by atoms with van der Waals surface area (Å²) in [5.41, 5.74) is 19.7. The van der Waals surface area contributed by atoms with Crippen LogP contribution in [0.3, 0.4) is 0 Å². The highest BCUT2D eigenvalue weighted by molar-refractivity contribution is 6.16. The number of hydrogen-bond acceptors (Lipinski definition) is 1. The summed E-state index contributed by atoms with van der Waals surface area (Å²) in [7, 11) is 0. The lowest BCUT2D eigenvalue weighted by Crippen LogP contribution is -2.28. The van der Waals surface area contributed by atoms with Gasteiger partial charge in [0.05, 0.1) is 5.41 Å². The van der Waals surface area contributed by atoms with Crippen molar-refractivity contribution < 1.29 is 4.42 Å². The lowest BCUT2D eigenvalue weighted by Gasteiger charge is -2.34. The van der Waals surface area contributed by atoms with Crippen molar-refractivity contribution >= 4 is 21.9 Å². The predicted octanol–water partition coefficient (Wildman–Crippen LogP) is 14.9. The first-order valence-corrected chi connectivity index (χ1v) is 19.7. The molecule has 10 aromatic rings. The van der Waals surface area contributed by atoms with Gasteiger partial charge in [-0.2, -0.15) is 0 Å². The lowest BCUT2D eigenvalue weighted by molar-refractivity contribution is 0.668. The largest absolute Gasteiger partial charge is 0.456 e. The molecule has 268 valence electrons. The van der Waals surface area contributed by atoms with E-state index >= 15 is 0 Å². The fourth-order valence-corrected chi connectivity index (χ4v) is 9.52. The molecule has 0 N–H and O–H groups in total. The van der Waals surface area contributed by atoms with Gasteiger partial charge in [-0.05, 0) is 127 Å². The zero-order valence-corrected chi connectivity index (χ0v) is 31.6. The van der Waals surface area contributed by atoms with E-state index in [0.717, 1.165) is 16.6 Å². The highest BCUT2D eigenvalue weighted by Gasteiger charge is 2.48. The second kappa shape index (κ2) is 13.2. The Morgan fingerprint density at radius 1 is 0.333 bits per heavy atom. The summed E-state index contributed by atoms with van der Waals surface area (Å²) in [6.07, 6.45) is 0. The molecule has 0 atom stereocenters. The average Bonchev–Trinajstić information content (AvgIpc) is 3.82. The van der Waals surface area contributed by atoms with E-state index in [4.69, 9.17) is 4.42 Å². The molecule has 0 spiro atoms. The average molecular weight is 727 g/mol. The maximum Gasteiger partial charge on any atom is 0.136 e. The van der Waals surface area contributed by atoms with E-state index in [1.54, 1.807) is 0 Å². The van der Waals surface area contributed by atoms with Crippen molar-refractivity contribution in [1.82, 2.24) is 0 Å². The Kier molecular flexibility index (Phi) is 7.69. The van der Waals surface area contributed by atoms with Crippen LogP contribution in [0.5, 0.6) is 0 Å². The molecule has 1 aliphatic carbocycles. The van der Waals surface area contributed by atoms with E-state index in [1.165, 1.54) is 88.8 Å². The summed E-state index contributed by atoms with van der Waals surface area (Å²) >= 11 is 0.